The van der Waals surface area contributed by atoms with Gasteiger partial charge in [-0.05, 0) is 48.5 Å². The van der Waals surface area contributed by atoms with Crippen LogP contribution in [0.1, 0.15) is 5.56 Å². The average molecular weight is 367 g/mol. The van der Waals surface area contributed by atoms with Gasteiger partial charge in [-0.3, -0.25) is 9.59 Å². The van der Waals surface area contributed by atoms with Crippen molar-refractivity contribution in [2.75, 3.05) is 10.2 Å². The molecule has 2 aromatic carbocycles. The highest BCUT2D eigenvalue weighted by Gasteiger charge is 2.41. The lowest BCUT2D eigenvalue weighted by Crippen LogP contribution is -2.34. The molecule has 2 amide bonds. The molecule has 0 aromatic heterocycles. The van der Waals surface area contributed by atoms with Crippen LogP contribution in [0.4, 0.5) is 16.2 Å². The summed E-state index contributed by atoms with van der Waals surface area (Å²) in [5, 5.41) is 2.65. The van der Waals surface area contributed by atoms with Gasteiger partial charge in [0.2, 0.25) is 0 Å². The third kappa shape index (κ3) is 3.17. The minimum absolute atomic E-state index is 0.332. The maximum absolute atomic E-state index is 12.6. The highest BCUT2D eigenvalue weighted by atomic mass is 35.5. The lowest BCUT2D eigenvalue weighted by molar-refractivity contribution is -0.116. The number of halogens is 2. The van der Waals surface area contributed by atoms with E-state index in [0.29, 0.717) is 21.4 Å². The fourth-order valence-corrected chi connectivity index (χ4v) is 3.66. The molecule has 7 heteroatoms. The largest absolute Gasteiger partial charge is 0.363 e. The van der Waals surface area contributed by atoms with Crippen LogP contribution in [0.5, 0.6) is 0 Å². The number of benzene rings is 2. The second kappa shape index (κ2) is 6.43. The quantitative estimate of drug-likeness (QED) is 0.835. The molecule has 1 unspecified atom stereocenters. The minimum Gasteiger partial charge on any atom is -0.363 e. The van der Waals surface area contributed by atoms with Gasteiger partial charge in [-0.2, -0.15) is 0 Å². The number of anilines is 2. The fourth-order valence-electron chi connectivity index (χ4n) is 2.27. The Kier molecular flexibility index (Phi) is 4.53. The molecule has 0 radical (unpaired) electrons. The Bertz CT molecular complexity index is 777. The first-order valence-electron chi connectivity index (χ1n) is 6.79. The molecule has 118 valence electrons. The molecule has 1 heterocycles. The summed E-state index contributed by atoms with van der Waals surface area (Å²) >= 11 is 13.1. The zero-order valence-electron chi connectivity index (χ0n) is 12.0. The number of thioether (sulfide) groups is 1. The summed E-state index contributed by atoms with van der Waals surface area (Å²) in [6.07, 6.45) is 0. The molecule has 1 fully saturated rings. The lowest BCUT2D eigenvalue weighted by atomic mass is 10.2. The van der Waals surface area contributed by atoms with Gasteiger partial charge in [0.15, 0.2) is 5.37 Å². The van der Waals surface area contributed by atoms with Crippen molar-refractivity contribution in [3.63, 3.8) is 0 Å². The minimum atomic E-state index is -0.764. The standard InChI is InChI=1S/C16H12Cl2N2O2S/c1-9-4-2-5-10(8-9)20-15(21)14(23-16(20)22)19-13-11(17)6-3-7-12(13)18/h2-8,14,19H,1H3. The van der Waals surface area contributed by atoms with Crippen LogP contribution in [0.3, 0.4) is 0 Å². The number of rotatable bonds is 3. The summed E-state index contributed by atoms with van der Waals surface area (Å²) in [5.74, 6) is -0.346. The van der Waals surface area contributed by atoms with Crippen molar-refractivity contribution in [3.8, 4) is 0 Å². The summed E-state index contributed by atoms with van der Waals surface area (Å²) < 4.78 is 0. The van der Waals surface area contributed by atoms with Gasteiger partial charge < -0.3 is 5.32 Å². The van der Waals surface area contributed by atoms with Crippen LogP contribution in [0.25, 0.3) is 0 Å². The van der Waals surface area contributed by atoms with E-state index < -0.39 is 5.37 Å². The summed E-state index contributed by atoms with van der Waals surface area (Å²) in [4.78, 5) is 26.0. The number of imide groups is 1. The van der Waals surface area contributed by atoms with E-state index in [1.54, 1.807) is 30.3 Å². The number of hydrogen-bond acceptors (Lipinski definition) is 4. The monoisotopic (exact) mass is 366 g/mol. The first-order valence-corrected chi connectivity index (χ1v) is 8.43. The smallest absolute Gasteiger partial charge is 0.295 e. The zero-order chi connectivity index (χ0) is 16.6. The Morgan fingerprint density at radius 2 is 1.74 bits per heavy atom. The van der Waals surface area contributed by atoms with Crippen LogP contribution in [-0.2, 0) is 4.79 Å². The third-order valence-electron chi connectivity index (χ3n) is 3.34. The Balaban J connectivity index is 1.87. The lowest BCUT2D eigenvalue weighted by Gasteiger charge is -2.16. The Morgan fingerprint density at radius 1 is 1.09 bits per heavy atom. The number of nitrogens with one attached hydrogen (secondary N) is 1. The summed E-state index contributed by atoms with van der Waals surface area (Å²) in [7, 11) is 0. The Morgan fingerprint density at radius 3 is 2.39 bits per heavy atom. The fraction of sp³-hybridized carbons (Fsp3) is 0.125. The van der Waals surface area contributed by atoms with E-state index in [1.807, 2.05) is 19.1 Å². The SMILES string of the molecule is Cc1cccc(N2C(=O)SC(Nc3c(Cl)cccc3Cl)C2=O)c1. The first-order chi connectivity index (χ1) is 11.0. The predicted molar refractivity (Wildman–Crippen MR) is 95.5 cm³/mol. The molecule has 0 bridgehead atoms. The van der Waals surface area contributed by atoms with E-state index >= 15 is 0 Å². The molecule has 0 spiro atoms. The molecule has 4 nitrogen and oxygen atoms in total. The Labute approximate surface area is 147 Å². The molecule has 2 aromatic rings. The van der Waals surface area contributed by atoms with E-state index in [4.69, 9.17) is 23.2 Å². The van der Waals surface area contributed by atoms with E-state index in [9.17, 15) is 9.59 Å². The van der Waals surface area contributed by atoms with Gasteiger partial charge >= 0.3 is 0 Å². The Hall–Kier alpha value is -1.69. The van der Waals surface area contributed by atoms with E-state index in [1.165, 1.54) is 4.90 Å². The number of carbonyl (C=O) groups excluding carboxylic acids is 2. The van der Waals surface area contributed by atoms with E-state index in [-0.39, 0.29) is 11.1 Å². The van der Waals surface area contributed by atoms with Crippen LogP contribution in [0.15, 0.2) is 42.5 Å². The van der Waals surface area contributed by atoms with Crippen molar-refractivity contribution in [1.29, 1.82) is 0 Å². The van der Waals surface area contributed by atoms with Gasteiger partial charge in [-0.1, -0.05) is 41.4 Å². The molecule has 1 N–H and O–H groups in total. The molecular formula is C16H12Cl2N2O2S. The highest BCUT2D eigenvalue weighted by Crippen LogP contribution is 2.36. The maximum Gasteiger partial charge on any atom is 0.295 e. The van der Waals surface area contributed by atoms with Crippen molar-refractivity contribution < 1.29 is 9.59 Å². The first kappa shape index (κ1) is 16.2. The number of aryl methyl sites for hydroxylation is 1. The van der Waals surface area contributed by atoms with Crippen molar-refractivity contribution in [2.45, 2.75) is 12.3 Å². The average Bonchev–Trinajstić information content (AvgIpc) is 2.77. The maximum atomic E-state index is 12.6. The molecule has 23 heavy (non-hydrogen) atoms. The van der Waals surface area contributed by atoms with Crippen LogP contribution < -0.4 is 10.2 Å². The van der Waals surface area contributed by atoms with Crippen LogP contribution >= 0.6 is 35.0 Å². The molecule has 0 saturated carbocycles. The van der Waals surface area contributed by atoms with E-state index in [2.05, 4.69) is 5.32 Å². The van der Waals surface area contributed by atoms with Crippen LogP contribution in [-0.4, -0.2) is 16.5 Å². The van der Waals surface area contributed by atoms with Crippen LogP contribution in [0.2, 0.25) is 10.0 Å². The number of carbonyl (C=O) groups is 2. The predicted octanol–water partition coefficient (Wildman–Crippen LogP) is 4.94. The van der Waals surface area contributed by atoms with E-state index in [0.717, 1.165) is 17.3 Å². The summed E-state index contributed by atoms with van der Waals surface area (Å²) in [6, 6.07) is 12.3. The zero-order valence-corrected chi connectivity index (χ0v) is 14.4. The molecule has 3 rings (SSSR count). The molecule has 1 atom stereocenters. The van der Waals surface area contributed by atoms with Crippen molar-refractivity contribution >= 4 is 57.5 Å². The second-order valence-electron chi connectivity index (χ2n) is 5.02. The summed E-state index contributed by atoms with van der Waals surface area (Å²) in [6.45, 7) is 1.90. The molecule has 1 aliphatic heterocycles. The summed E-state index contributed by atoms with van der Waals surface area (Å²) in [5.41, 5.74) is 1.97. The van der Waals surface area contributed by atoms with Crippen molar-refractivity contribution in [3.05, 3.63) is 58.1 Å². The number of hydrogen-bond donors (Lipinski definition) is 1. The molecule has 1 saturated heterocycles. The highest BCUT2D eigenvalue weighted by molar-refractivity contribution is 8.16. The third-order valence-corrected chi connectivity index (χ3v) is 4.91. The van der Waals surface area contributed by atoms with Gasteiger partial charge in [-0.15, -0.1) is 0 Å². The van der Waals surface area contributed by atoms with Crippen molar-refractivity contribution in [2.24, 2.45) is 0 Å². The molecule has 1 aliphatic rings. The van der Waals surface area contributed by atoms with Gasteiger partial charge in [0.1, 0.15) is 0 Å². The van der Waals surface area contributed by atoms with Crippen LogP contribution in [0, 0.1) is 6.92 Å². The molecular weight excluding hydrogens is 355 g/mol. The number of nitrogens with zero attached hydrogens (tertiary/aromatic N) is 1. The van der Waals surface area contributed by atoms with Crippen molar-refractivity contribution in [1.82, 2.24) is 0 Å². The van der Waals surface area contributed by atoms with Gasteiger partial charge in [0, 0.05) is 0 Å². The van der Waals surface area contributed by atoms with Gasteiger partial charge in [0.05, 0.1) is 21.4 Å². The van der Waals surface area contributed by atoms with Gasteiger partial charge in [-0.25, -0.2) is 4.90 Å². The number of para-hydroxylation sites is 1. The second-order valence-corrected chi connectivity index (χ2v) is 6.89. The van der Waals surface area contributed by atoms with Gasteiger partial charge in [0.25, 0.3) is 11.1 Å². The molecule has 0 aliphatic carbocycles. The number of amides is 2. The normalized spacial score (nSPS) is 17.7. The topological polar surface area (TPSA) is 49.4 Å².